The van der Waals surface area contributed by atoms with Gasteiger partial charge in [-0.05, 0) is 57.0 Å². The Morgan fingerprint density at radius 2 is 1.62 bits per heavy atom. The second-order valence-corrected chi connectivity index (χ2v) is 6.65. The number of benzene rings is 2. The van der Waals surface area contributed by atoms with Crippen molar-refractivity contribution in [2.24, 2.45) is 0 Å². The van der Waals surface area contributed by atoms with Gasteiger partial charge in [-0.1, -0.05) is 29.8 Å². The van der Waals surface area contributed by atoms with E-state index >= 15 is 0 Å². The smallest absolute Gasteiger partial charge is 0.301 e. The molecule has 2 amide bonds. The third-order valence-corrected chi connectivity index (χ3v) is 4.17. The van der Waals surface area contributed by atoms with Crippen molar-refractivity contribution in [1.29, 1.82) is 0 Å². The molecular formula is C21H21NO4. The number of aliphatic hydroxyl groups is 1. The van der Waals surface area contributed by atoms with E-state index in [0.29, 0.717) is 17.0 Å². The molecule has 0 saturated carbocycles. The van der Waals surface area contributed by atoms with Gasteiger partial charge in [0, 0.05) is 0 Å². The number of hydrogen-bond acceptors (Lipinski definition) is 4. The fourth-order valence-electron chi connectivity index (χ4n) is 3.03. The molecule has 1 heterocycles. The normalized spacial score (nSPS) is 14.6. The number of imide groups is 1. The number of hydrogen-bond donors (Lipinski definition) is 1. The van der Waals surface area contributed by atoms with Gasteiger partial charge in [-0.3, -0.25) is 9.59 Å². The van der Waals surface area contributed by atoms with Crippen molar-refractivity contribution in [2.75, 3.05) is 4.90 Å². The van der Waals surface area contributed by atoms with Crippen molar-refractivity contribution >= 4 is 23.1 Å². The zero-order valence-corrected chi connectivity index (χ0v) is 15.2. The molecule has 1 N–H and O–H groups in total. The van der Waals surface area contributed by atoms with Crippen LogP contribution in [0.5, 0.6) is 5.75 Å². The van der Waals surface area contributed by atoms with E-state index < -0.39 is 17.6 Å². The van der Waals surface area contributed by atoms with Crippen LogP contribution in [0, 0.1) is 13.8 Å². The Hall–Kier alpha value is -3.08. The summed E-state index contributed by atoms with van der Waals surface area (Å²) in [7, 11) is 0. The molecule has 0 bridgehead atoms. The molecule has 26 heavy (non-hydrogen) atoms. The molecule has 0 saturated heterocycles. The second kappa shape index (κ2) is 6.67. The molecule has 0 unspecified atom stereocenters. The second-order valence-electron chi connectivity index (χ2n) is 6.65. The van der Waals surface area contributed by atoms with Gasteiger partial charge in [-0.2, -0.15) is 0 Å². The summed E-state index contributed by atoms with van der Waals surface area (Å²) >= 11 is 0. The molecular weight excluding hydrogens is 330 g/mol. The predicted molar refractivity (Wildman–Crippen MR) is 100 cm³/mol. The summed E-state index contributed by atoms with van der Waals surface area (Å²) in [5, 5.41) is 10.3. The first-order valence-electron chi connectivity index (χ1n) is 8.46. The van der Waals surface area contributed by atoms with Gasteiger partial charge in [-0.15, -0.1) is 0 Å². The SMILES string of the molecule is Cc1ccc(N2C(=O)C(O)=C(c3ccc(OC(C)C)cc3)C2=O)c(C)c1. The molecule has 2 aromatic carbocycles. The lowest BCUT2D eigenvalue weighted by Gasteiger charge is -2.17. The van der Waals surface area contributed by atoms with Gasteiger partial charge in [0.1, 0.15) is 5.75 Å². The van der Waals surface area contributed by atoms with Crippen LogP contribution in [0.4, 0.5) is 5.69 Å². The van der Waals surface area contributed by atoms with Crippen LogP contribution < -0.4 is 9.64 Å². The molecule has 3 rings (SSSR count). The molecule has 0 spiro atoms. The van der Waals surface area contributed by atoms with Crippen LogP contribution in [-0.2, 0) is 9.59 Å². The summed E-state index contributed by atoms with van der Waals surface area (Å²) in [5.41, 5.74) is 2.78. The number of amides is 2. The number of aliphatic hydroxyl groups excluding tert-OH is 1. The van der Waals surface area contributed by atoms with E-state index in [4.69, 9.17) is 4.74 Å². The van der Waals surface area contributed by atoms with E-state index in [9.17, 15) is 14.7 Å². The van der Waals surface area contributed by atoms with Crippen LogP contribution in [0.3, 0.4) is 0 Å². The van der Waals surface area contributed by atoms with E-state index in [1.807, 2.05) is 39.8 Å². The minimum Gasteiger partial charge on any atom is -0.502 e. The van der Waals surface area contributed by atoms with Crippen LogP contribution in [0.15, 0.2) is 48.2 Å². The Balaban J connectivity index is 1.96. The fraction of sp³-hybridized carbons (Fsp3) is 0.238. The van der Waals surface area contributed by atoms with E-state index in [1.54, 1.807) is 30.3 Å². The summed E-state index contributed by atoms with van der Waals surface area (Å²) in [6, 6.07) is 12.2. The van der Waals surface area contributed by atoms with Crippen LogP contribution >= 0.6 is 0 Å². The van der Waals surface area contributed by atoms with E-state index in [0.717, 1.165) is 16.0 Å². The van der Waals surface area contributed by atoms with Crippen LogP contribution in [0.1, 0.15) is 30.5 Å². The molecule has 2 aromatic rings. The maximum Gasteiger partial charge on any atom is 0.301 e. The third kappa shape index (κ3) is 3.08. The lowest BCUT2D eigenvalue weighted by molar-refractivity contribution is -0.121. The molecule has 0 atom stereocenters. The largest absolute Gasteiger partial charge is 0.502 e. The zero-order valence-electron chi connectivity index (χ0n) is 15.2. The fourth-order valence-corrected chi connectivity index (χ4v) is 3.03. The highest BCUT2D eigenvalue weighted by Gasteiger charge is 2.40. The monoisotopic (exact) mass is 351 g/mol. The molecule has 5 heteroatoms. The molecule has 5 nitrogen and oxygen atoms in total. The molecule has 134 valence electrons. The Morgan fingerprint density at radius 3 is 2.19 bits per heavy atom. The van der Waals surface area contributed by atoms with Crippen molar-refractivity contribution in [2.45, 2.75) is 33.8 Å². The zero-order chi connectivity index (χ0) is 19.0. The van der Waals surface area contributed by atoms with Crippen molar-refractivity contribution in [1.82, 2.24) is 0 Å². The van der Waals surface area contributed by atoms with Gasteiger partial charge >= 0.3 is 5.91 Å². The topological polar surface area (TPSA) is 66.8 Å². The van der Waals surface area contributed by atoms with Crippen LogP contribution in [-0.4, -0.2) is 23.0 Å². The van der Waals surface area contributed by atoms with Crippen LogP contribution in [0.2, 0.25) is 0 Å². The maximum absolute atomic E-state index is 12.9. The first-order valence-corrected chi connectivity index (χ1v) is 8.46. The third-order valence-electron chi connectivity index (χ3n) is 4.17. The lowest BCUT2D eigenvalue weighted by atomic mass is 10.1. The Labute approximate surface area is 152 Å². The molecule has 0 aromatic heterocycles. The minimum atomic E-state index is -0.709. The summed E-state index contributed by atoms with van der Waals surface area (Å²) in [6.45, 7) is 7.61. The van der Waals surface area contributed by atoms with E-state index in [2.05, 4.69) is 0 Å². The number of rotatable bonds is 4. The number of carbonyl (C=O) groups is 2. The standard InChI is InChI=1S/C21H21NO4/c1-12(2)26-16-8-6-15(7-9-16)18-19(23)21(25)22(20(18)24)17-10-5-13(3)11-14(17)4/h5-12,23H,1-4H3. The number of anilines is 1. The van der Waals surface area contributed by atoms with Crippen molar-refractivity contribution in [3.8, 4) is 5.75 Å². The molecule has 0 aliphatic carbocycles. The molecule has 0 fully saturated rings. The molecule has 1 aliphatic heterocycles. The van der Waals surface area contributed by atoms with E-state index in [1.165, 1.54) is 0 Å². The highest BCUT2D eigenvalue weighted by Crippen LogP contribution is 2.34. The number of ether oxygens (including phenoxy) is 1. The Morgan fingerprint density at radius 1 is 0.962 bits per heavy atom. The van der Waals surface area contributed by atoms with Crippen molar-refractivity contribution in [3.05, 3.63) is 64.9 Å². The highest BCUT2D eigenvalue weighted by atomic mass is 16.5. The Kier molecular flexibility index (Phi) is 4.55. The lowest BCUT2D eigenvalue weighted by Crippen LogP contribution is -2.32. The first kappa shape index (κ1) is 17.7. The van der Waals surface area contributed by atoms with Crippen molar-refractivity contribution in [3.63, 3.8) is 0 Å². The first-order chi connectivity index (χ1) is 12.3. The maximum atomic E-state index is 12.9. The average molecular weight is 351 g/mol. The summed E-state index contributed by atoms with van der Waals surface area (Å²) < 4.78 is 5.58. The van der Waals surface area contributed by atoms with Gasteiger partial charge in [0.05, 0.1) is 17.4 Å². The van der Waals surface area contributed by atoms with Crippen LogP contribution in [0.25, 0.3) is 5.57 Å². The quantitative estimate of drug-likeness (QED) is 0.848. The summed E-state index contributed by atoms with van der Waals surface area (Å²) in [6.07, 6.45) is 0.0307. The highest BCUT2D eigenvalue weighted by molar-refractivity contribution is 6.45. The van der Waals surface area contributed by atoms with Gasteiger partial charge in [-0.25, -0.2) is 4.90 Å². The number of carbonyl (C=O) groups excluding carboxylic acids is 2. The summed E-state index contributed by atoms with van der Waals surface area (Å²) in [5.74, 6) is -1.12. The minimum absolute atomic E-state index is 0.00562. The van der Waals surface area contributed by atoms with Gasteiger partial charge in [0.2, 0.25) is 0 Å². The predicted octanol–water partition coefficient (Wildman–Crippen LogP) is 3.93. The molecule has 0 radical (unpaired) electrons. The van der Waals surface area contributed by atoms with Crippen molar-refractivity contribution < 1.29 is 19.4 Å². The Bertz CT molecular complexity index is 910. The van der Waals surface area contributed by atoms with Gasteiger partial charge in [0.15, 0.2) is 5.76 Å². The van der Waals surface area contributed by atoms with Gasteiger partial charge in [0.25, 0.3) is 5.91 Å². The molecule has 1 aliphatic rings. The number of nitrogens with zero attached hydrogens (tertiary/aromatic N) is 1. The summed E-state index contributed by atoms with van der Waals surface area (Å²) in [4.78, 5) is 26.4. The average Bonchev–Trinajstić information content (AvgIpc) is 2.78. The van der Waals surface area contributed by atoms with E-state index in [-0.39, 0.29) is 11.7 Å². The van der Waals surface area contributed by atoms with Gasteiger partial charge < -0.3 is 9.84 Å². The number of aryl methyl sites for hydroxylation is 2.